The van der Waals surface area contributed by atoms with E-state index in [-0.39, 0.29) is 23.0 Å². The van der Waals surface area contributed by atoms with Crippen molar-refractivity contribution in [1.29, 1.82) is 0 Å². The van der Waals surface area contributed by atoms with Gasteiger partial charge in [0, 0.05) is 24.2 Å². The molecule has 3 aromatic rings. The first-order valence-corrected chi connectivity index (χ1v) is 10.5. The number of benzene rings is 2. The SMILES string of the molecule is COC(=O)c1c(OCc2c(F)c(F)cc(OC)c2F)nsc1NCc1ccc(OC)cc1OC. The average molecular weight is 498 g/mol. The molecule has 0 saturated heterocycles. The third-order valence-corrected chi connectivity index (χ3v) is 5.56. The van der Waals surface area contributed by atoms with Crippen molar-refractivity contribution in [3.05, 3.63) is 58.4 Å². The van der Waals surface area contributed by atoms with Crippen LogP contribution < -0.4 is 24.3 Å². The minimum Gasteiger partial charge on any atom is -0.497 e. The second-order valence-electron chi connectivity index (χ2n) is 6.67. The van der Waals surface area contributed by atoms with E-state index in [0.717, 1.165) is 31.3 Å². The van der Waals surface area contributed by atoms with Gasteiger partial charge in [-0.1, -0.05) is 0 Å². The highest BCUT2D eigenvalue weighted by atomic mass is 32.1. The van der Waals surface area contributed by atoms with Gasteiger partial charge >= 0.3 is 5.97 Å². The molecule has 0 saturated carbocycles. The zero-order valence-electron chi connectivity index (χ0n) is 18.7. The van der Waals surface area contributed by atoms with Gasteiger partial charge in [-0.25, -0.2) is 18.0 Å². The Morgan fingerprint density at radius 1 is 1.00 bits per heavy atom. The van der Waals surface area contributed by atoms with Crippen molar-refractivity contribution in [1.82, 2.24) is 4.37 Å². The lowest BCUT2D eigenvalue weighted by molar-refractivity contribution is 0.0596. The van der Waals surface area contributed by atoms with Gasteiger partial charge in [-0.2, -0.15) is 4.37 Å². The van der Waals surface area contributed by atoms with Gasteiger partial charge < -0.3 is 29.0 Å². The maximum absolute atomic E-state index is 14.4. The van der Waals surface area contributed by atoms with Crippen LogP contribution in [0.25, 0.3) is 0 Å². The Bertz CT molecular complexity index is 1190. The van der Waals surface area contributed by atoms with E-state index in [9.17, 15) is 18.0 Å². The number of anilines is 1. The molecule has 182 valence electrons. The molecule has 0 atom stereocenters. The summed E-state index contributed by atoms with van der Waals surface area (Å²) in [4.78, 5) is 12.4. The smallest absolute Gasteiger partial charge is 0.346 e. The Balaban J connectivity index is 1.85. The second-order valence-corrected chi connectivity index (χ2v) is 7.44. The van der Waals surface area contributed by atoms with Gasteiger partial charge in [-0.15, -0.1) is 0 Å². The highest BCUT2D eigenvalue weighted by Gasteiger charge is 2.26. The first-order chi connectivity index (χ1) is 16.3. The van der Waals surface area contributed by atoms with E-state index in [4.69, 9.17) is 23.7 Å². The fourth-order valence-corrected chi connectivity index (χ4v) is 3.71. The molecule has 34 heavy (non-hydrogen) atoms. The summed E-state index contributed by atoms with van der Waals surface area (Å²) >= 11 is 0.876. The number of hydrogen-bond donors (Lipinski definition) is 1. The van der Waals surface area contributed by atoms with Gasteiger partial charge in [0.15, 0.2) is 28.8 Å². The number of carbonyl (C=O) groups is 1. The lowest BCUT2D eigenvalue weighted by atomic mass is 10.2. The van der Waals surface area contributed by atoms with Crippen LogP contribution in [-0.2, 0) is 17.9 Å². The molecule has 0 aliphatic heterocycles. The molecule has 0 spiro atoms. The topological polar surface area (TPSA) is 88.1 Å². The Labute approximate surface area is 197 Å². The van der Waals surface area contributed by atoms with Crippen LogP contribution in [0, 0.1) is 17.5 Å². The summed E-state index contributed by atoms with van der Waals surface area (Å²) in [6.45, 7) is -0.506. The zero-order valence-corrected chi connectivity index (χ0v) is 19.5. The normalized spacial score (nSPS) is 10.6. The maximum atomic E-state index is 14.4. The molecule has 2 aromatic carbocycles. The summed E-state index contributed by atoms with van der Waals surface area (Å²) in [6.07, 6.45) is 0. The standard InChI is InChI=1S/C22H21F3N2O6S/c1-29-12-6-5-11(15(7-12)30-2)9-26-21-17(22(28)32-4)20(27-34-21)33-10-13-18(24)14(23)8-16(31-3)19(13)25/h5-8,26H,9-10H2,1-4H3. The monoisotopic (exact) mass is 498 g/mol. The summed E-state index contributed by atoms with van der Waals surface area (Å²) in [6, 6.07) is 5.82. The fraction of sp³-hybridized carbons (Fsp3) is 0.273. The second kappa shape index (κ2) is 11.0. The highest BCUT2D eigenvalue weighted by Crippen LogP contribution is 2.34. The number of nitrogens with one attached hydrogen (secondary N) is 1. The number of halogens is 3. The van der Waals surface area contributed by atoms with E-state index < -0.39 is 41.3 Å². The van der Waals surface area contributed by atoms with Crippen molar-refractivity contribution in [2.75, 3.05) is 33.8 Å². The molecule has 0 aliphatic carbocycles. The molecule has 0 amide bonds. The zero-order chi connectivity index (χ0) is 24.8. The molecule has 1 aromatic heterocycles. The van der Waals surface area contributed by atoms with Crippen LogP contribution in [0.4, 0.5) is 18.2 Å². The minimum absolute atomic E-state index is 0.0795. The van der Waals surface area contributed by atoms with Crippen molar-refractivity contribution in [3.63, 3.8) is 0 Å². The summed E-state index contributed by atoms with van der Waals surface area (Å²) < 4.78 is 71.8. The van der Waals surface area contributed by atoms with Gasteiger partial charge in [-0.3, -0.25) is 0 Å². The van der Waals surface area contributed by atoms with E-state index >= 15 is 0 Å². The van der Waals surface area contributed by atoms with Crippen LogP contribution in [0.1, 0.15) is 21.5 Å². The molecule has 0 unspecified atom stereocenters. The van der Waals surface area contributed by atoms with Crippen molar-refractivity contribution in [2.45, 2.75) is 13.2 Å². The number of esters is 1. The number of rotatable bonds is 10. The van der Waals surface area contributed by atoms with E-state index in [2.05, 4.69) is 9.69 Å². The molecule has 0 bridgehead atoms. The number of carbonyl (C=O) groups excluding carboxylic acids is 1. The van der Waals surface area contributed by atoms with Gasteiger partial charge in [0.25, 0.3) is 0 Å². The van der Waals surface area contributed by atoms with Crippen LogP contribution in [-0.4, -0.2) is 38.8 Å². The first-order valence-electron chi connectivity index (χ1n) is 9.70. The van der Waals surface area contributed by atoms with Crippen LogP contribution in [0.2, 0.25) is 0 Å². The number of aromatic nitrogens is 1. The number of hydrogen-bond acceptors (Lipinski definition) is 9. The van der Waals surface area contributed by atoms with Crippen LogP contribution >= 0.6 is 11.5 Å². The van der Waals surface area contributed by atoms with E-state index in [1.807, 2.05) is 0 Å². The molecule has 0 fully saturated rings. The van der Waals surface area contributed by atoms with E-state index in [1.165, 1.54) is 14.2 Å². The number of nitrogens with zero attached hydrogens (tertiary/aromatic N) is 1. The summed E-state index contributed by atoms with van der Waals surface area (Å²) in [5, 5.41) is 3.34. The molecule has 8 nitrogen and oxygen atoms in total. The highest BCUT2D eigenvalue weighted by molar-refractivity contribution is 7.10. The maximum Gasteiger partial charge on any atom is 0.346 e. The van der Waals surface area contributed by atoms with E-state index in [0.29, 0.717) is 17.6 Å². The number of ether oxygens (including phenoxy) is 5. The largest absolute Gasteiger partial charge is 0.497 e. The van der Waals surface area contributed by atoms with Crippen LogP contribution in [0.5, 0.6) is 23.1 Å². The molecule has 0 radical (unpaired) electrons. The minimum atomic E-state index is -1.43. The van der Waals surface area contributed by atoms with Gasteiger partial charge in [0.1, 0.15) is 23.1 Å². The van der Waals surface area contributed by atoms with Crippen molar-refractivity contribution < 1.29 is 41.7 Å². The molecule has 1 heterocycles. The first kappa shape index (κ1) is 25.0. The Hall–Kier alpha value is -3.67. The molecular formula is C22H21F3N2O6S. The fourth-order valence-electron chi connectivity index (χ4n) is 3.00. The summed E-state index contributed by atoms with van der Waals surface area (Å²) in [5.41, 5.74) is -0.0340. The molecule has 12 heteroatoms. The molecule has 3 rings (SSSR count). The Morgan fingerprint density at radius 3 is 2.38 bits per heavy atom. The third kappa shape index (κ3) is 5.11. The molecular weight excluding hydrogens is 477 g/mol. The summed E-state index contributed by atoms with van der Waals surface area (Å²) in [7, 11) is 5.32. The molecule has 1 N–H and O–H groups in total. The molecule has 0 aliphatic rings. The van der Waals surface area contributed by atoms with Crippen molar-refractivity contribution in [3.8, 4) is 23.1 Å². The van der Waals surface area contributed by atoms with Crippen molar-refractivity contribution >= 4 is 22.5 Å². The average Bonchev–Trinajstić information content (AvgIpc) is 3.26. The van der Waals surface area contributed by atoms with Gasteiger partial charge in [0.2, 0.25) is 5.88 Å². The Morgan fingerprint density at radius 2 is 1.74 bits per heavy atom. The van der Waals surface area contributed by atoms with E-state index in [1.54, 1.807) is 18.2 Å². The van der Waals surface area contributed by atoms with Gasteiger partial charge in [-0.05, 0) is 23.7 Å². The number of methoxy groups -OCH3 is 4. The predicted molar refractivity (Wildman–Crippen MR) is 118 cm³/mol. The van der Waals surface area contributed by atoms with Crippen LogP contribution in [0.3, 0.4) is 0 Å². The van der Waals surface area contributed by atoms with Gasteiger partial charge in [0.05, 0.1) is 34.0 Å². The summed E-state index contributed by atoms with van der Waals surface area (Å²) in [5.74, 6) is -4.21. The van der Waals surface area contributed by atoms with Crippen molar-refractivity contribution in [2.24, 2.45) is 0 Å². The Kier molecular flexibility index (Phi) is 8.05. The third-order valence-electron chi connectivity index (χ3n) is 4.77. The predicted octanol–water partition coefficient (Wildman–Crippen LogP) is 4.56. The van der Waals surface area contributed by atoms with Crippen LogP contribution in [0.15, 0.2) is 24.3 Å². The lowest BCUT2D eigenvalue weighted by Gasteiger charge is -2.12. The quantitative estimate of drug-likeness (QED) is 0.322. The lowest BCUT2D eigenvalue weighted by Crippen LogP contribution is -2.10.